The summed E-state index contributed by atoms with van der Waals surface area (Å²) in [6, 6.07) is 17.5. The second-order valence-electron chi connectivity index (χ2n) is 16.8. The minimum atomic E-state index is -4.86. The van der Waals surface area contributed by atoms with Gasteiger partial charge in [0, 0.05) is 55.2 Å². The summed E-state index contributed by atoms with van der Waals surface area (Å²) in [7, 11) is 1.33. The fraction of sp³-hybridized carbons (Fsp3) is 0.400. The first-order chi connectivity index (χ1) is 29.3. The normalized spacial score (nSPS) is 22.0. The van der Waals surface area contributed by atoms with E-state index in [-0.39, 0.29) is 35.6 Å². The summed E-state index contributed by atoms with van der Waals surface area (Å²) < 4.78 is 61.8. The molecule has 5 aliphatic rings. The minimum Gasteiger partial charge on any atom is -0.481 e. The summed E-state index contributed by atoms with van der Waals surface area (Å²) >= 11 is 7.22. The highest BCUT2D eigenvalue weighted by Crippen LogP contribution is 2.48. The van der Waals surface area contributed by atoms with E-state index in [2.05, 4.69) is 32.3 Å². The molecule has 5 heterocycles. The van der Waals surface area contributed by atoms with Crippen LogP contribution in [0.3, 0.4) is 0 Å². The highest BCUT2D eigenvalue weighted by atomic mass is 35.5. The largest absolute Gasteiger partial charge is 0.481 e. The fourth-order valence-corrected chi connectivity index (χ4v) is 10.6. The van der Waals surface area contributed by atoms with Gasteiger partial charge in [-0.05, 0) is 91.1 Å². The Hall–Kier alpha value is -5.69. The third kappa shape index (κ3) is 6.76. The van der Waals surface area contributed by atoms with Crippen LogP contribution in [-0.4, -0.2) is 75.6 Å². The van der Waals surface area contributed by atoms with E-state index < -0.39 is 35.7 Å². The zero-order valence-electron chi connectivity index (χ0n) is 33.1. The quantitative estimate of drug-likeness (QED) is 0.148. The number of rotatable bonds is 9. The Morgan fingerprint density at radius 2 is 1.80 bits per heavy atom. The predicted octanol–water partition coefficient (Wildman–Crippen LogP) is 8.03. The monoisotopic (exact) mass is 852 g/mol. The Bertz CT molecular complexity index is 2690. The topological polar surface area (TPSA) is 154 Å². The number of alkyl halides is 3. The molecule has 2 aliphatic carbocycles. The van der Waals surface area contributed by atoms with Gasteiger partial charge in [-0.3, -0.25) is 19.4 Å². The zero-order valence-corrected chi connectivity index (χ0v) is 33.8. The number of furan rings is 1. The fourth-order valence-electron chi connectivity index (χ4n) is 10.3. The van der Waals surface area contributed by atoms with Crippen molar-refractivity contribution in [1.29, 1.82) is 5.26 Å². The van der Waals surface area contributed by atoms with Crippen LogP contribution in [0.15, 0.2) is 52.9 Å². The molecule has 1 spiro atoms. The van der Waals surface area contributed by atoms with Gasteiger partial charge < -0.3 is 24.3 Å². The molecule has 0 saturated carbocycles. The Morgan fingerprint density at radius 3 is 2.52 bits per heavy atom. The molecule has 314 valence electrons. The van der Waals surface area contributed by atoms with Crippen molar-refractivity contribution in [2.75, 3.05) is 33.3 Å². The van der Waals surface area contributed by atoms with Gasteiger partial charge in [-0.1, -0.05) is 41.9 Å². The van der Waals surface area contributed by atoms with Crippen LogP contribution >= 0.6 is 11.6 Å². The maximum absolute atomic E-state index is 14.6. The van der Waals surface area contributed by atoms with E-state index in [1.54, 1.807) is 0 Å². The maximum atomic E-state index is 14.6. The number of nitriles is 1. The van der Waals surface area contributed by atoms with Gasteiger partial charge in [0.1, 0.15) is 23.6 Å². The Morgan fingerprint density at radius 1 is 1.03 bits per heavy atom. The molecule has 10 rings (SSSR count). The van der Waals surface area contributed by atoms with Gasteiger partial charge in [0.25, 0.3) is 0 Å². The smallest absolute Gasteiger partial charge is 0.438 e. The molecule has 2 aromatic heterocycles. The first-order valence-corrected chi connectivity index (χ1v) is 20.8. The van der Waals surface area contributed by atoms with Gasteiger partial charge in [-0.25, -0.2) is 4.98 Å². The van der Waals surface area contributed by atoms with Crippen LogP contribution in [0.5, 0.6) is 11.8 Å². The number of carboxylic acids is 1. The van der Waals surface area contributed by atoms with E-state index in [0.29, 0.717) is 103 Å². The average molecular weight is 853 g/mol. The number of hydrogen-bond acceptors (Lipinski definition) is 10. The molecular weight excluding hydrogens is 813 g/mol. The number of hydrogen-bond donors (Lipinski definition) is 2. The van der Waals surface area contributed by atoms with Crippen LogP contribution in [0.25, 0.3) is 33.4 Å². The van der Waals surface area contributed by atoms with Crippen LogP contribution in [0.2, 0.25) is 5.02 Å². The number of nitrogens with zero attached hydrogens (tertiary/aromatic N) is 5. The number of ether oxygens (including phenoxy) is 2. The molecule has 3 saturated heterocycles. The van der Waals surface area contributed by atoms with E-state index in [0.717, 1.165) is 34.1 Å². The van der Waals surface area contributed by atoms with Crippen molar-refractivity contribution in [2.45, 2.75) is 75.4 Å². The van der Waals surface area contributed by atoms with E-state index in [1.165, 1.54) is 7.11 Å². The summed E-state index contributed by atoms with van der Waals surface area (Å²) in [6.07, 6.45) is -1.53. The lowest BCUT2D eigenvalue weighted by Crippen LogP contribution is -2.66. The van der Waals surface area contributed by atoms with Gasteiger partial charge in [-0.15, -0.1) is 0 Å². The van der Waals surface area contributed by atoms with Gasteiger partial charge in [0.15, 0.2) is 5.58 Å². The van der Waals surface area contributed by atoms with Gasteiger partial charge in [0.2, 0.25) is 23.4 Å². The van der Waals surface area contributed by atoms with Crippen LogP contribution in [-0.2, 0) is 35.2 Å². The second kappa shape index (κ2) is 14.7. The number of carboxylic acid groups (broad SMARTS) is 1. The van der Waals surface area contributed by atoms with Crippen molar-refractivity contribution in [2.24, 2.45) is 5.92 Å². The zero-order chi connectivity index (χ0) is 42.4. The number of carbonyl (C=O) groups excluding carboxylic acids is 1. The highest BCUT2D eigenvalue weighted by Gasteiger charge is 2.48. The number of fused-ring (bicyclic) bond motifs is 3. The van der Waals surface area contributed by atoms with E-state index in [4.69, 9.17) is 25.5 Å². The number of methoxy groups -OCH3 is 1. The van der Waals surface area contributed by atoms with Crippen molar-refractivity contribution in [3.05, 3.63) is 92.8 Å². The van der Waals surface area contributed by atoms with Crippen LogP contribution in [0, 0.1) is 17.2 Å². The molecule has 5 aromatic rings. The SMILES string of the molecule is COc1nc(O[C@H]2CCc3c(-c4cccc(-c5cc6cc7c(c(C#N)c6o5)CC[C@H]7N5CC[C@@H](C(=O)O)C5)c4Cl)cccc32)c(C(F)(F)F)nc1CN1CC2(CCC(=O)N2)C1. The lowest BCUT2D eigenvalue weighted by Gasteiger charge is -2.47. The summed E-state index contributed by atoms with van der Waals surface area (Å²) in [6.45, 7) is 2.22. The Labute approximate surface area is 353 Å². The first kappa shape index (κ1) is 39.4. The lowest BCUT2D eigenvalue weighted by atomic mass is 9.88. The lowest BCUT2D eigenvalue weighted by molar-refractivity contribution is -0.144. The summed E-state index contributed by atoms with van der Waals surface area (Å²) in [4.78, 5) is 35.8. The number of amides is 1. The molecule has 16 heteroatoms. The molecule has 3 atom stereocenters. The summed E-state index contributed by atoms with van der Waals surface area (Å²) in [5.74, 6) is -1.46. The third-order valence-electron chi connectivity index (χ3n) is 13.1. The molecule has 1 amide bonds. The average Bonchev–Trinajstić information content (AvgIpc) is 4.07. The number of aliphatic carboxylic acids is 1. The van der Waals surface area contributed by atoms with Gasteiger partial charge in [-0.2, -0.15) is 23.4 Å². The Balaban J connectivity index is 0.930. The van der Waals surface area contributed by atoms with Gasteiger partial charge in [0.05, 0.1) is 29.2 Å². The first-order valence-electron chi connectivity index (χ1n) is 20.4. The van der Waals surface area contributed by atoms with Crippen LogP contribution < -0.4 is 14.8 Å². The molecule has 61 heavy (non-hydrogen) atoms. The second-order valence-corrected chi connectivity index (χ2v) is 17.2. The van der Waals surface area contributed by atoms with Crippen molar-refractivity contribution >= 4 is 34.4 Å². The standard InChI is InChI=1S/C45H40ClF3N6O6/c1-59-41-33(20-54-21-44(22-54)14-12-37(56)53-44)51-40(45(47,48)49)42(52-41)61-35-11-9-26-25(4-2-5-28(26)35)29-6-3-7-30(38(29)46)36-17-24-16-31-27(32(18-50)39(24)60-36)8-10-34(31)55-15-13-23(19-55)43(57)58/h2-7,16-17,23,34-35H,8-15,19-22H2,1H3,(H,53,56)(H,57,58)/t23-,34-,35+/m1/s1. The molecule has 0 bridgehead atoms. The van der Waals surface area contributed by atoms with Crippen LogP contribution in [0.4, 0.5) is 13.2 Å². The molecule has 3 aromatic carbocycles. The van der Waals surface area contributed by atoms with E-state index in [9.17, 15) is 33.1 Å². The van der Waals surface area contributed by atoms with Crippen molar-refractivity contribution < 1.29 is 41.8 Å². The highest BCUT2D eigenvalue weighted by molar-refractivity contribution is 6.36. The van der Waals surface area contributed by atoms with E-state index >= 15 is 0 Å². The molecule has 0 unspecified atom stereocenters. The molecule has 2 N–H and O–H groups in total. The van der Waals surface area contributed by atoms with Crippen LogP contribution in [0.1, 0.15) is 83.5 Å². The number of likely N-dealkylation sites (tertiary alicyclic amines) is 2. The number of halogens is 4. The number of benzene rings is 3. The third-order valence-corrected chi connectivity index (χ3v) is 13.6. The minimum absolute atomic E-state index is 0.0230. The Kier molecular flexibility index (Phi) is 9.54. The van der Waals surface area contributed by atoms with Gasteiger partial charge >= 0.3 is 12.1 Å². The predicted molar refractivity (Wildman–Crippen MR) is 216 cm³/mol. The molecule has 3 aliphatic heterocycles. The van der Waals surface area contributed by atoms with Crippen molar-refractivity contribution in [1.82, 2.24) is 25.1 Å². The molecular formula is C45H40ClF3N6O6. The number of carbonyl (C=O) groups is 2. The van der Waals surface area contributed by atoms with E-state index in [1.807, 2.05) is 47.4 Å². The van der Waals surface area contributed by atoms with Crippen molar-refractivity contribution in [3.63, 3.8) is 0 Å². The number of aromatic nitrogens is 2. The molecule has 12 nitrogen and oxygen atoms in total. The van der Waals surface area contributed by atoms with Crippen molar-refractivity contribution in [3.8, 4) is 40.3 Å². The maximum Gasteiger partial charge on any atom is 0.438 e. The summed E-state index contributed by atoms with van der Waals surface area (Å²) in [5.41, 5.74) is 5.07. The summed E-state index contributed by atoms with van der Waals surface area (Å²) in [5, 5.41) is 24.1. The molecule has 0 radical (unpaired) electrons. The number of nitrogens with one attached hydrogen (secondary N) is 1. The molecule has 3 fully saturated rings.